The van der Waals surface area contributed by atoms with Gasteiger partial charge in [-0.25, -0.2) is 9.07 Å². The third kappa shape index (κ3) is 4.77. The summed E-state index contributed by atoms with van der Waals surface area (Å²) in [6.07, 6.45) is 8.31. The van der Waals surface area contributed by atoms with Crippen LogP contribution in [0.2, 0.25) is 0 Å². The first-order valence-corrected chi connectivity index (χ1v) is 10.8. The maximum Gasteiger partial charge on any atom is 0.258 e. The van der Waals surface area contributed by atoms with Crippen molar-refractivity contribution in [1.82, 2.24) is 14.7 Å². The Morgan fingerprint density at radius 2 is 1.71 bits per heavy atom. The number of aromatic nitrogens is 2. The van der Waals surface area contributed by atoms with Crippen molar-refractivity contribution in [3.63, 3.8) is 0 Å². The Hall–Kier alpha value is -3.19. The molecule has 2 aromatic carbocycles. The maximum absolute atomic E-state index is 13.0. The highest BCUT2D eigenvalue weighted by molar-refractivity contribution is 6.03. The van der Waals surface area contributed by atoms with E-state index < -0.39 is 0 Å². The molecule has 5 rings (SSSR count). The Bertz CT molecular complexity index is 1040. The molecule has 1 saturated carbocycles. The second kappa shape index (κ2) is 8.51. The minimum atomic E-state index is -0.345. The van der Waals surface area contributed by atoms with Crippen molar-refractivity contribution in [3.8, 4) is 11.4 Å². The van der Waals surface area contributed by atoms with Gasteiger partial charge in [-0.15, -0.1) is 0 Å². The van der Waals surface area contributed by atoms with Gasteiger partial charge in [-0.05, 0) is 74.2 Å². The summed E-state index contributed by atoms with van der Waals surface area (Å²) in [5.74, 6) is 0.215. The Kier molecular flexibility index (Phi) is 5.42. The number of amides is 1. The van der Waals surface area contributed by atoms with E-state index in [-0.39, 0.29) is 17.8 Å². The Labute approximate surface area is 180 Å². The number of rotatable bonds is 6. The predicted octanol–water partition coefficient (Wildman–Crippen LogP) is 4.27. The molecule has 6 nitrogen and oxygen atoms in total. The summed E-state index contributed by atoms with van der Waals surface area (Å²) in [5, 5.41) is 7.03. The molecule has 0 bridgehead atoms. The molecular weight excluding hydrogens is 395 g/mol. The van der Waals surface area contributed by atoms with Crippen LogP contribution in [-0.4, -0.2) is 45.8 Å². The number of carbonyl (C=O) groups excluding carboxylic acids is 1. The molecular formula is C24H25FN4O2. The van der Waals surface area contributed by atoms with Gasteiger partial charge in [0.2, 0.25) is 0 Å². The fourth-order valence-electron chi connectivity index (χ4n) is 3.99. The molecule has 7 heteroatoms. The zero-order chi connectivity index (χ0) is 21.2. The molecule has 0 radical (unpaired) electrons. The summed E-state index contributed by atoms with van der Waals surface area (Å²) in [7, 11) is 0. The molecule has 1 N–H and O–H groups in total. The minimum Gasteiger partial charge on any atom is -0.490 e. The topological polar surface area (TPSA) is 59.4 Å². The monoisotopic (exact) mass is 420 g/mol. The lowest BCUT2D eigenvalue weighted by Crippen LogP contribution is -2.39. The third-order valence-electron chi connectivity index (χ3n) is 5.89. The van der Waals surface area contributed by atoms with Crippen LogP contribution in [-0.2, 0) is 0 Å². The predicted molar refractivity (Wildman–Crippen MR) is 116 cm³/mol. The van der Waals surface area contributed by atoms with Crippen LogP contribution in [0.5, 0.6) is 5.75 Å². The van der Waals surface area contributed by atoms with Gasteiger partial charge < -0.3 is 15.0 Å². The van der Waals surface area contributed by atoms with Crippen molar-refractivity contribution >= 4 is 11.6 Å². The van der Waals surface area contributed by atoms with Crippen LogP contribution in [0.25, 0.3) is 5.69 Å². The number of likely N-dealkylation sites (tertiary alicyclic amines) is 1. The van der Waals surface area contributed by atoms with E-state index in [4.69, 9.17) is 4.74 Å². The standard InChI is InChI=1S/C24H25FN4O2/c25-18-1-3-19(4-2-18)27-24(30)17-15-26-29(16-17)21-7-9-22(10-8-21)31-23-11-13-28(14-12-23)20-5-6-20/h1-4,7-10,15-16,20,23H,5-6,11-14H2,(H,27,30). The van der Waals surface area contributed by atoms with Gasteiger partial charge in [0.1, 0.15) is 17.7 Å². The van der Waals surface area contributed by atoms with E-state index >= 15 is 0 Å². The van der Waals surface area contributed by atoms with E-state index in [1.165, 1.54) is 43.3 Å². The van der Waals surface area contributed by atoms with Gasteiger partial charge in [-0.1, -0.05) is 0 Å². The first kappa shape index (κ1) is 19.8. The molecule has 0 spiro atoms. The van der Waals surface area contributed by atoms with Gasteiger partial charge in [0.25, 0.3) is 5.91 Å². The first-order chi connectivity index (χ1) is 15.1. The summed E-state index contributed by atoms with van der Waals surface area (Å²) >= 11 is 0. The van der Waals surface area contributed by atoms with Crippen LogP contribution < -0.4 is 10.1 Å². The number of carbonyl (C=O) groups is 1. The van der Waals surface area contributed by atoms with Crippen molar-refractivity contribution in [2.75, 3.05) is 18.4 Å². The van der Waals surface area contributed by atoms with Crippen molar-refractivity contribution in [2.24, 2.45) is 0 Å². The number of nitrogens with zero attached hydrogens (tertiary/aromatic N) is 3. The van der Waals surface area contributed by atoms with Gasteiger partial charge >= 0.3 is 0 Å². The lowest BCUT2D eigenvalue weighted by atomic mass is 10.1. The quantitative estimate of drug-likeness (QED) is 0.647. The zero-order valence-corrected chi connectivity index (χ0v) is 17.2. The summed E-state index contributed by atoms with van der Waals surface area (Å²) in [6, 6.07) is 14.2. The second-order valence-corrected chi connectivity index (χ2v) is 8.21. The molecule has 1 aliphatic carbocycles. The molecule has 2 aliphatic rings. The number of piperidine rings is 1. The van der Waals surface area contributed by atoms with Gasteiger partial charge in [-0.3, -0.25) is 4.79 Å². The normalized spacial score (nSPS) is 17.5. The average Bonchev–Trinajstić information content (AvgIpc) is 3.52. The van der Waals surface area contributed by atoms with Crippen LogP contribution in [0.1, 0.15) is 36.0 Å². The van der Waals surface area contributed by atoms with Crippen LogP contribution in [0, 0.1) is 5.82 Å². The highest BCUT2D eigenvalue weighted by Gasteiger charge is 2.32. The number of nitrogens with one attached hydrogen (secondary N) is 1. The van der Waals surface area contributed by atoms with E-state index in [1.54, 1.807) is 10.9 Å². The summed E-state index contributed by atoms with van der Waals surface area (Å²) in [5.41, 5.74) is 1.80. The van der Waals surface area contributed by atoms with Crippen LogP contribution in [0.15, 0.2) is 60.9 Å². The van der Waals surface area contributed by atoms with Crippen molar-refractivity contribution in [2.45, 2.75) is 37.8 Å². The van der Waals surface area contributed by atoms with E-state index in [1.807, 2.05) is 24.3 Å². The first-order valence-electron chi connectivity index (χ1n) is 10.8. The van der Waals surface area contributed by atoms with E-state index in [0.29, 0.717) is 11.3 Å². The molecule has 2 fully saturated rings. The summed E-state index contributed by atoms with van der Waals surface area (Å²) in [4.78, 5) is 15.0. The molecule has 0 unspecified atom stereocenters. The van der Waals surface area contributed by atoms with Crippen molar-refractivity contribution in [3.05, 3.63) is 72.3 Å². The fourth-order valence-corrected chi connectivity index (χ4v) is 3.99. The van der Waals surface area contributed by atoms with Crippen LogP contribution in [0.4, 0.5) is 10.1 Å². The van der Waals surface area contributed by atoms with E-state index in [2.05, 4.69) is 15.3 Å². The molecule has 1 saturated heterocycles. The van der Waals surface area contributed by atoms with Crippen molar-refractivity contribution < 1.29 is 13.9 Å². The Morgan fingerprint density at radius 1 is 1.00 bits per heavy atom. The third-order valence-corrected chi connectivity index (χ3v) is 5.89. The highest BCUT2D eigenvalue weighted by atomic mass is 19.1. The largest absolute Gasteiger partial charge is 0.490 e. The highest BCUT2D eigenvalue weighted by Crippen LogP contribution is 2.30. The molecule has 1 amide bonds. The van der Waals surface area contributed by atoms with E-state index in [9.17, 15) is 9.18 Å². The molecule has 3 aromatic rings. The number of hydrogen-bond donors (Lipinski definition) is 1. The van der Waals surface area contributed by atoms with Crippen LogP contribution >= 0.6 is 0 Å². The minimum absolute atomic E-state index is 0.271. The summed E-state index contributed by atoms with van der Waals surface area (Å²) in [6.45, 7) is 2.26. The van der Waals surface area contributed by atoms with Gasteiger partial charge in [0.05, 0.1) is 17.4 Å². The van der Waals surface area contributed by atoms with E-state index in [0.717, 1.165) is 43.4 Å². The fraction of sp³-hybridized carbons (Fsp3) is 0.333. The molecule has 31 heavy (non-hydrogen) atoms. The van der Waals surface area contributed by atoms with Crippen LogP contribution in [0.3, 0.4) is 0 Å². The number of anilines is 1. The zero-order valence-electron chi connectivity index (χ0n) is 17.2. The lowest BCUT2D eigenvalue weighted by Gasteiger charge is -2.32. The molecule has 160 valence electrons. The molecule has 1 aliphatic heterocycles. The van der Waals surface area contributed by atoms with Crippen molar-refractivity contribution in [1.29, 1.82) is 0 Å². The second-order valence-electron chi connectivity index (χ2n) is 8.21. The Morgan fingerprint density at radius 3 is 2.39 bits per heavy atom. The number of benzene rings is 2. The molecule has 2 heterocycles. The number of ether oxygens (including phenoxy) is 1. The SMILES string of the molecule is O=C(Nc1ccc(F)cc1)c1cnn(-c2ccc(OC3CCN(C4CC4)CC3)cc2)c1. The average molecular weight is 420 g/mol. The van der Waals surface area contributed by atoms with Gasteiger partial charge in [-0.2, -0.15) is 5.10 Å². The summed E-state index contributed by atoms with van der Waals surface area (Å²) < 4.78 is 20.8. The lowest BCUT2D eigenvalue weighted by molar-refractivity contribution is 0.0965. The number of hydrogen-bond acceptors (Lipinski definition) is 4. The smallest absolute Gasteiger partial charge is 0.258 e. The molecule has 1 aromatic heterocycles. The maximum atomic E-state index is 13.0. The molecule has 0 atom stereocenters. The van der Waals surface area contributed by atoms with Gasteiger partial charge in [0, 0.05) is 31.0 Å². The van der Waals surface area contributed by atoms with Gasteiger partial charge in [0.15, 0.2) is 0 Å². The Balaban J connectivity index is 1.18. The number of halogens is 1.